The van der Waals surface area contributed by atoms with Gasteiger partial charge in [0.05, 0.1) is 0 Å². The Balaban J connectivity index is 0. The number of carbonyl (C=O) groups excluding carboxylic acids is 1. The summed E-state index contributed by atoms with van der Waals surface area (Å²) in [7, 11) is 12.8. The van der Waals surface area contributed by atoms with Gasteiger partial charge in [-0.1, -0.05) is 0 Å². The van der Waals surface area contributed by atoms with E-state index < -0.39 is 22.5 Å². The molecular formula is C4H10Cl2N2O3Pt. The minimum atomic E-state index is -0.472. The van der Waals surface area contributed by atoms with Gasteiger partial charge in [0.2, 0.25) is 0 Å². The van der Waals surface area contributed by atoms with Gasteiger partial charge >= 0.3 is 41.3 Å². The van der Waals surface area contributed by atoms with Crippen molar-refractivity contribution in [3.8, 4) is 0 Å². The number of halogens is 2. The first-order valence-electron chi connectivity index (χ1n) is 2.70. The van der Waals surface area contributed by atoms with Crippen LogP contribution in [0.3, 0.4) is 0 Å². The average molecular weight is 400 g/mol. The van der Waals surface area contributed by atoms with Crippen LogP contribution in [0.25, 0.3) is 0 Å². The Morgan fingerprint density at radius 1 is 1.42 bits per heavy atom. The van der Waals surface area contributed by atoms with Crippen LogP contribution in [0.4, 0.5) is 0 Å². The van der Waals surface area contributed by atoms with Crippen molar-refractivity contribution in [1.29, 1.82) is 0 Å². The van der Waals surface area contributed by atoms with E-state index in [1.165, 1.54) is 7.05 Å². The van der Waals surface area contributed by atoms with Gasteiger partial charge in [0.1, 0.15) is 0 Å². The fraction of sp³-hybridized carbons (Fsp3) is 0.750. The summed E-state index contributed by atoms with van der Waals surface area (Å²) in [6, 6.07) is 0. The van der Waals surface area contributed by atoms with Crippen LogP contribution in [-0.4, -0.2) is 26.7 Å². The van der Waals surface area contributed by atoms with Crippen molar-refractivity contribution in [3.05, 3.63) is 0 Å². The van der Waals surface area contributed by atoms with Crippen LogP contribution in [0.15, 0.2) is 0 Å². The molecule has 0 bridgehead atoms. The molecule has 5 nitrogen and oxygen atoms in total. The molecule has 0 heterocycles. The fourth-order valence-electron chi connectivity index (χ4n) is 0.274. The van der Waals surface area contributed by atoms with Gasteiger partial charge in [-0.15, -0.1) is 0 Å². The molecule has 0 atom stereocenters. The van der Waals surface area contributed by atoms with Crippen LogP contribution in [0, 0.1) is 0 Å². The van der Waals surface area contributed by atoms with Crippen molar-refractivity contribution >= 4 is 24.8 Å². The molecule has 78 valence electrons. The normalized spacial score (nSPS) is 8.67. The molecule has 0 saturated heterocycles. The van der Waals surface area contributed by atoms with Gasteiger partial charge in [-0.05, 0) is 0 Å². The van der Waals surface area contributed by atoms with Crippen molar-refractivity contribution in [2.24, 2.45) is 0 Å². The van der Waals surface area contributed by atoms with E-state index in [2.05, 4.69) is 20.6 Å². The molecule has 0 saturated carbocycles. The minimum absolute atomic E-state index is 0.0999. The Morgan fingerprint density at radius 3 is 2.25 bits per heavy atom. The van der Waals surface area contributed by atoms with Crippen molar-refractivity contribution in [2.45, 2.75) is 0 Å². The van der Waals surface area contributed by atoms with Crippen LogP contribution in [0.5, 0.6) is 0 Å². The number of hydrogen-bond acceptors (Lipinski definition) is 5. The molecule has 0 aromatic heterocycles. The van der Waals surface area contributed by atoms with Gasteiger partial charge in [-0.3, -0.25) is 4.84 Å². The summed E-state index contributed by atoms with van der Waals surface area (Å²) in [5.74, 6) is -0.466. The third-order valence-electron chi connectivity index (χ3n) is 0.550. The van der Waals surface area contributed by atoms with E-state index >= 15 is 0 Å². The second-order valence-electron chi connectivity index (χ2n) is 1.22. The first-order chi connectivity index (χ1) is 5.72. The zero-order valence-electron chi connectivity index (χ0n) is 6.50. The van der Waals surface area contributed by atoms with Crippen LogP contribution in [-0.2, 0) is 31.0 Å². The second-order valence-corrected chi connectivity index (χ2v) is 4.50. The quantitative estimate of drug-likeness (QED) is 0.661. The van der Waals surface area contributed by atoms with Gasteiger partial charge in [0, 0.05) is 14.1 Å². The predicted molar refractivity (Wildman–Crippen MR) is 41.9 cm³/mol. The molecule has 0 spiro atoms. The number of hydroxylamine groups is 2. The molecular weight excluding hydrogens is 390 g/mol. The standard InChI is InChI=1S/C4H10N2O3.2ClH.Pt/c1-5-8-3-4(7)9-6-2;;;/h5-6H,3H2,1-2H3;2*1H;/q;;;+2/p-2. The zero-order chi connectivity index (χ0) is 9.82. The Hall–Kier alpha value is 0.618. The van der Waals surface area contributed by atoms with E-state index in [-0.39, 0.29) is 6.61 Å². The van der Waals surface area contributed by atoms with E-state index in [9.17, 15) is 4.79 Å². The molecule has 0 aliphatic heterocycles. The fourth-order valence-corrected chi connectivity index (χ4v) is 0.274. The van der Waals surface area contributed by atoms with Crippen molar-refractivity contribution < 1.29 is 31.0 Å². The molecule has 0 aromatic rings. The van der Waals surface area contributed by atoms with E-state index in [4.69, 9.17) is 18.8 Å². The summed E-state index contributed by atoms with van der Waals surface area (Å²) in [5.41, 5.74) is 4.55. The van der Waals surface area contributed by atoms with Gasteiger partial charge in [-0.2, -0.15) is 5.48 Å². The van der Waals surface area contributed by atoms with Crippen LogP contribution in [0.2, 0.25) is 0 Å². The summed E-state index contributed by atoms with van der Waals surface area (Å²) in [5, 5.41) is 0. The summed E-state index contributed by atoms with van der Waals surface area (Å²) < 4.78 is 0. The van der Waals surface area contributed by atoms with Gasteiger partial charge in [0.25, 0.3) is 0 Å². The maximum absolute atomic E-state index is 10.4. The monoisotopic (exact) mass is 399 g/mol. The molecule has 0 aromatic carbocycles. The second kappa shape index (κ2) is 14.2. The molecule has 0 amide bonds. The van der Waals surface area contributed by atoms with Crippen molar-refractivity contribution in [1.82, 2.24) is 11.0 Å². The molecule has 0 aliphatic rings. The topological polar surface area (TPSA) is 59.6 Å². The zero-order valence-corrected chi connectivity index (χ0v) is 10.3. The first-order valence-corrected chi connectivity index (χ1v) is 8.33. The average Bonchev–Trinajstić information content (AvgIpc) is 2.03. The van der Waals surface area contributed by atoms with Gasteiger partial charge in [0.15, 0.2) is 6.61 Å². The van der Waals surface area contributed by atoms with Crippen LogP contribution >= 0.6 is 18.8 Å². The maximum atomic E-state index is 10.4. The number of carbonyl (C=O) groups is 1. The Labute approximate surface area is 87.4 Å². The molecule has 0 aliphatic carbocycles. The Morgan fingerprint density at radius 2 is 1.92 bits per heavy atom. The van der Waals surface area contributed by atoms with E-state index in [0.29, 0.717) is 0 Å². The van der Waals surface area contributed by atoms with Gasteiger partial charge in [-0.25, -0.2) is 10.3 Å². The predicted octanol–water partition coefficient (Wildman–Crippen LogP) is 0.191. The summed E-state index contributed by atoms with van der Waals surface area (Å²) >= 11 is -0.472. The van der Waals surface area contributed by atoms with Crippen LogP contribution in [0.1, 0.15) is 0 Å². The molecule has 0 radical (unpaired) electrons. The van der Waals surface area contributed by atoms with E-state index in [0.717, 1.165) is 0 Å². The summed E-state index contributed by atoms with van der Waals surface area (Å²) in [6.07, 6.45) is 0. The van der Waals surface area contributed by atoms with Crippen molar-refractivity contribution in [3.63, 3.8) is 0 Å². The number of hydrogen-bond donors (Lipinski definition) is 2. The molecule has 0 rings (SSSR count). The molecule has 0 fully saturated rings. The summed E-state index contributed by atoms with van der Waals surface area (Å²) in [4.78, 5) is 19.1. The number of nitrogens with one attached hydrogen (secondary N) is 2. The molecule has 12 heavy (non-hydrogen) atoms. The molecule has 2 N–H and O–H groups in total. The SMILES string of the molecule is CNOCC(=O)ONC.[Cl][Pt][Cl]. The summed E-state index contributed by atoms with van der Waals surface area (Å²) in [6.45, 7) is -0.0999. The van der Waals surface area contributed by atoms with E-state index in [1.54, 1.807) is 7.05 Å². The molecule has 8 heteroatoms. The van der Waals surface area contributed by atoms with E-state index in [1.807, 2.05) is 0 Å². The first kappa shape index (κ1) is 15.1. The Bertz CT molecular complexity index is 108. The number of rotatable bonds is 4. The Kier molecular flexibility index (Phi) is 17.8. The van der Waals surface area contributed by atoms with Crippen LogP contribution < -0.4 is 11.0 Å². The molecule has 0 unspecified atom stereocenters. The third-order valence-corrected chi connectivity index (χ3v) is 0.550. The van der Waals surface area contributed by atoms with Gasteiger partial charge < -0.3 is 4.84 Å². The van der Waals surface area contributed by atoms with Crippen molar-refractivity contribution in [2.75, 3.05) is 20.7 Å². The third kappa shape index (κ3) is 16.9.